The molecule has 6 nitrogen and oxygen atoms in total. The fourth-order valence-electron chi connectivity index (χ4n) is 3.45. The van der Waals surface area contributed by atoms with Crippen LogP contribution in [0.25, 0.3) is 11.0 Å². The summed E-state index contributed by atoms with van der Waals surface area (Å²) in [6.45, 7) is 2.34. The number of fused-ring (bicyclic) bond motifs is 2. The molecule has 0 aliphatic carbocycles. The maximum Gasteiger partial charge on any atom is 0.253 e. The first-order chi connectivity index (χ1) is 13.3. The smallest absolute Gasteiger partial charge is 0.253 e. The normalized spacial score (nSPS) is 15.8. The van der Waals surface area contributed by atoms with Gasteiger partial charge in [0.1, 0.15) is 34.8 Å². The van der Waals surface area contributed by atoms with Crippen molar-refractivity contribution in [2.24, 2.45) is 7.05 Å². The zero-order chi connectivity index (χ0) is 20.0. The molecule has 1 atom stereocenters. The van der Waals surface area contributed by atoms with Crippen LogP contribution in [0.15, 0.2) is 30.3 Å². The number of benzene rings is 2. The summed E-state index contributed by atoms with van der Waals surface area (Å²) in [5.41, 5.74) is 2.84. The molecule has 2 aromatic carbocycles. The summed E-state index contributed by atoms with van der Waals surface area (Å²) >= 11 is 0. The van der Waals surface area contributed by atoms with Gasteiger partial charge < -0.3 is 18.9 Å². The second kappa shape index (κ2) is 6.82. The zero-order valence-electron chi connectivity index (χ0n) is 16.3. The number of hydrogen-bond acceptors (Lipinski definition) is 4. The van der Waals surface area contributed by atoms with Crippen molar-refractivity contribution < 1.29 is 18.7 Å². The van der Waals surface area contributed by atoms with Crippen molar-refractivity contribution >= 4 is 16.9 Å². The highest BCUT2D eigenvalue weighted by atomic mass is 19.1. The number of carbonyl (C=O) groups excluding carboxylic acids is 1. The molecule has 1 amide bonds. The molecule has 1 aliphatic rings. The lowest BCUT2D eigenvalue weighted by Crippen LogP contribution is -2.22. The van der Waals surface area contributed by atoms with E-state index in [9.17, 15) is 9.18 Å². The molecule has 4 rings (SSSR count). The van der Waals surface area contributed by atoms with Crippen molar-refractivity contribution in [1.29, 1.82) is 0 Å². The molecule has 1 aliphatic heterocycles. The van der Waals surface area contributed by atoms with Crippen LogP contribution in [0, 0.1) is 12.7 Å². The fourth-order valence-corrected chi connectivity index (χ4v) is 3.45. The standard InChI is InChI=1S/C21H22FN3O3/c1-12-23-20-16(25(12)4)9-13(21(26)24(2)3)10-19(20)28-17-7-8-27-18-11-14(22)5-6-15(17)18/h5-6,9-11,17H,7-8H2,1-4H3. The Kier molecular flexibility index (Phi) is 4.45. The Bertz CT molecular complexity index is 1070. The third-order valence-electron chi connectivity index (χ3n) is 5.06. The number of aromatic nitrogens is 2. The van der Waals surface area contributed by atoms with Crippen LogP contribution in [-0.2, 0) is 7.05 Å². The number of amides is 1. The van der Waals surface area contributed by atoms with Gasteiger partial charge in [-0.25, -0.2) is 9.37 Å². The Morgan fingerprint density at radius 3 is 2.86 bits per heavy atom. The van der Waals surface area contributed by atoms with E-state index in [1.807, 2.05) is 24.6 Å². The molecule has 28 heavy (non-hydrogen) atoms. The van der Waals surface area contributed by atoms with Crippen LogP contribution in [0.5, 0.6) is 11.5 Å². The molecule has 0 saturated heterocycles. The van der Waals surface area contributed by atoms with Crippen LogP contribution in [0.2, 0.25) is 0 Å². The summed E-state index contributed by atoms with van der Waals surface area (Å²) in [7, 11) is 5.33. The SMILES string of the molecule is Cc1nc2c(OC3CCOc4cc(F)ccc43)cc(C(=O)N(C)C)cc2n1C. The van der Waals surface area contributed by atoms with Gasteiger partial charge in [-0.05, 0) is 31.2 Å². The molecule has 0 N–H and O–H groups in total. The van der Waals surface area contributed by atoms with E-state index in [0.717, 1.165) is 16.9 Å². The van der Waals surface area contributed by atoms with Gasteiger partial charge in [-0.1, -0.05) is 0 Å². The Hall–Kier alpha value is -3.09. The summed E-state index contributed by atoms with van der Waals surface area (Å²) in [6.07, 6.45) is 0.317. The van der Waals surface area contributed by atoms with Gasteiger partial charge in [0.25, 0.3) is 5.91 Å². The molecule has 146 valence electrons. The van der Waals surface area contributed by atoms with Gasteiger partial charge in [0.05, 0.1) is 12.1 Å². The molecular weight excluding hydrogens is 361 g/mol. The first-order valence-electron chi connectivity index (χ1n) is 9.13. The predicted octanol–water partition coefficient (Wildman–Crippen LogP) is 3.63. The molecule has 0 fully saturated rings. The minimum atomic E-state index is -0.347. The van der Waals surface area contributed by atoms with E-state index in [4.69, 9.17) is 9.47 Å². The summed E-state index contributed by atoms with van der Waals surface area (Å²) in [4.78, 5) is 18.7. The van der Waals surface area contributed by atoms with Gasteiger partial charge in [-0.3, -0.25) is 4.79 Å². The van der Waals surface area contributed by atoms with Crippen molar-refractivity contribution in [1.82, 2.24) is 14.5 Å². The Morgan fingerprint density at radius 1 is 1.32 bits per heavy atom. The van der Waals surface area contributed by atoms with E-state index >= 15 is 0 Å². The number of halogens is 1. The van der Waals surface area contributed by atoms with Crippen molar-refractivity contribution in [3.05, 3.63) is 53.1 Å². The number of aryl methyl sites for hydroxylation is 2. The average molecular weight is 383 g/mol. The highest BCUT2D eigenvalue weighted by Gasteiger charge is 2.26. The van der Waals surface area contributed by atoms with Gasteiger partial charge in [0.2, 0.25) is 0 Å². The van der Waals surface area contributed by atoms with Crippen molar-refractivity contribution in [3.63, 3.8) is 0 Å². The van der Waals surface area contributed by atoms with Gasteiger partial charge in [-0.15, -0.1) is 0 Å². The van der Waals surface area contributed by atoms with Crippen LogP contribution < -0.4 is 9.47 Å². The lowest BCUT2D eigenvalue weighted by Gasteiger charge is -2.27. The van der Waals surface area contributed by atoms with Gasteiger partial charge >= 0.3 is 0 Å². The van der Waals surface area contributed by atoms with Crippen LogP contribution >= 0.6 is 0 Å². The van der Waals surface area contributed by atoms with Crippen LogP contribution in [0.4, 0.5) is 4.39 Å². The second-order valence-electron chi connectivity index (χ2n) is 7.19. The third kappa shape index (κ3) is 3.06. The minimum Gasteiger partial charge on any atom is -0.493 e. The molecule has 0 saturated carbocycles. The number of rotatable bonds is 3. The highest BCUT2D eigenvalue weighted by Crippen LogP contribution is 2.38. The van der Waals surface area contributed by atoms with Gasteiger partial charge in [0.15, 0.2) is 0 Å². The van der Waals surface area contributed by atoms with Gasteiger partial charge in [-0.2, -0.15) is 0 Å². The van der Waals surface area contributed by atoms with E-state index in [2.05, 4.69) is 4.98 Å². The summed E-state index contributed by atoms with van der Waals surface area (Å²) in [6, 6.07) is 8.02. The second-order valence-corrected chi connectivity index (χ2v) is 7.19. The number of imidazole rings is 1. The summed E-state index contributed by atoms with van der Waals surface area (Å²) in [5, 5.41) is 0. The summed E-state index contributed by atoms with van der Waals surface area (Å²) in [5.74, 6) is 1.39. The molecule has 0 spiro atoms. The molecule has 1 unspecified atom stereocenters. The topological polar surface area (TPSA) is 56.6 Å². The molecule has 1 aromatic heterocycles. The molecule has 7 heteroatoms. The first kappa shape index (κ1) is 18.3. The largest absolute Gasteiger partial charge is 0.493 e. The van der Waals surface area contributed by atoms with Gasteiger partial charge in [0, 0.05) is 44.8 Å². The minimum absolute atomic E-state index is 0.111. The molecule has 0 bridgehead atoms. The van der Waals surface area contributed by atoms with Crippen LogP contribution in [0.3, 0.4) is 0 Å². The van der Waals surface area contributed by atoms with E-state index in [-0.39, 0.29) is 17.8 Å². The quantitative estimate of drug-likeness (QED) is 0.693. The lowest BCUT2D eigenvalue weighted by molar-refractivity contribution is 0.0826. The lowest BCUT2D eigenvalue weighted by atomic mass is 10.0. The Morgan fingerprint density at radius 2 is 2.11 bits per heavy atom. The number of ether oxygens (including phenoxy) is 2. The van der Waals surface area contributed by atoms with E-state index < -0.39 is 0 Å². The van der Waals surface area contributed by atoms with Crippen LogP contribution in [0.1, 0.15) is 34.3 Å². The average Bonchev–Trinajstić information content (AvgIpc) is 2.95. The fraction of sp³-hybridized carbons (Fsp3) is 0.333. The van der Waals surface area contributed by atoms with Crippen LogP contribution in [-0.4, -0.2) is 41.1 Å². The Balaban J connectivity index is 1.81. The monoisotopic (exact) mass is 383 g/mol. The first-order valence-corrected chi connectivity index (χ1v) is 9.13. The molecule has 2 heterocycles. The number of hydrogen-bond donors (Lipinski definition) is 0. The van der Waals surface area contributed by atoms with E-state index in [1.54, 1.807) is 26.2 Å². The maximum absolute atomic E-state index is 13.5. The van der Waals surface area contributed by atoms with E-state index in [0.29, 0.717) is 35.6 Å². The molecular formula is C21H22FN3O3. The third-order valence-corrected chi connectivity index (χ3v) is 5.06. The summed E-state index contributed by atoms with van der Waals surface area (Å²) < 4.78 is 27.4. The number of carbonyl (C=O) groups is 1. The zero-order valence-corrected chi connectivity index (χ0v) is 16.3. The van der Waals surface area contributed by atoms with Crippen molar-refractivity contribution in [2.75, 3.05) is 20.7 Å². The van der Waals surface area contributed by atoms with Crippen molar-refractivity contribution in [3.8, 4) is 11.5 Å². The molecule has 3 aromatic rings. The maximum atomic E-state index is 13.5. The number of nitrogens with zero attached hydrogens (tertiary/aromatic N) is 3. The highest BCUT2D eigenvalue weighted by molar-refractivity contribution is 5.99. The predicted molar refractivity (Wildman–Crippen MR) is 103 cm³/mol. The Labute approximate surface area is 162 Å². The van der Waals surface area contributed by atoms with Crippen molar-refractivity contribution in [2.45, 2.75) is 19.4 Å². The van der Waals surface area contributed by atoms with E-state index in [1.165, 1.54) is 17.0 Å². The molecule has 0 radical (unpaired) electrons.